The van der Waals surface area contributed by atoms with Crippen molar-refractivity contribution in [1.82, 2.24) is 9.80 Å². The average molecular weight is 198 g/mol. The highest BCUT2D eigenvalue weighted by atomic mass is 16.6. The van der Waals surface area contributed by atoms with Crippen molar-refractivity contribution in [3.8, 4) is 0 Å². The predicted molar refractivity (Wildman–Crippen MR) is 54.8 cm³/mol. The normalized spacial score (nSPS) is 19.6. The lowest BCUT2D eigenvalue weighted by Crippen LogP contribution is -2.38. The summed E-state index contributed by atoms with van der Waals surface area (Å²) in [7, 11) is 3.76. The van der Waals surface area contributed by atoms with Crippen LogP contribution in [0.5, 0.6) is 0 Å². The van der Waals surface area contributed by atoms with Crippen LogP contribution in [0.2, 0.25) is 0 Å². The van der Waals surface area contributed by atoms with E-state index in [0.29, 0.717) is 18.3 Å². The molecular weight excluding hydrogens is 180 g/mol. The molecule has 1 aliphatic heterocycles. The first-order valence-electron chi connectivity index (χ1n) is 4.72. The van der Waals surface area contributed by atoms with E-state index in [2.05, 4.69) is 11.5 Å². The van der Waals surface area contributed by atoms with Gasteiger partial charge in [-0.15, -0.1) is 0 Å². The van der Waals surface area contributed by atoms with Crippen molar-refractivity contribution in [2.45, 2.75) is 13.0 Å². The van der Waals surface area contributed by atoms with Crippen LogP contribution in [-0.4, -0.2) is 55.7 Å². The number of nitrogens with zero attached hydrogens (tertiary/aromatic N) is 2. The third-order valence-electron chi connectivity index (χ3n) is 2.08. The number of carbonyl (C=O) groups excluding carboxylic acids is 1. The fourth-order valence-electron chi connectivity index (χ4n) is 1.33. The molecule has 0 bridgehead atoms. The Kier molecular flexibility index (Phi) is 3.66. The predicted octanol–water partition coefficient (Wildman–Crippen LogP) is 0.309. The van der Waals surface area contributed by atoms with Crippen molar-refractivity contribution in [2.24, 2.45) is 0 Å². The van der Waals surface area contributed by atoms with Gasteiger partial charge in [0.15, 0.2) is 0 Å². The Bertz CT molecular complexity index is 236. The maximum Gasteiger partial charge on any atom is 0.249 e. The Balaban J connectivity index is 2.26. The Morgan fingerprint density at radius 1 is 1.57 bits per heavy atom. The van der Waals surface area contributed by atoms with Gasteiger partial charge in [-0.2, -0.15) is 0 Å². The van der Waals surface area contributed by atoms with Crippen LogP contribution in [0.15, 0.2) is 12.2 Å². The number of hydrogen-bond acceptors (Lipinski definition) is 3. The molecule has 0 radical (unpaired) electrons. The average Bonchev–Trinajstić information content (AvgIpc) is 2.86. The molecular formula is C10H18N2O2. The molecule has 14 heavy (non-hydrogen) atoms. The molecule has 1 rings (SSSR count). The number of epoxide rings is 1. The highest BCUT2D eigenvalue weighted by Gasteiger charge is 2.24. The maximum absolute atomic E-state index is 11.4. The van der Waals surface area contributed by atoms with Crippen LogP contribution >= 0.6 is 0 Å². The minimum Gasteiger partial charge on any atom is -0.372 e. The highest BCUT2D eigenvalue weighted by molar-refractivity contribution is 5.91. The molecule has 0 aliphatic carbocycles. The summed E-state index contributed by atoms with van der Waals surface area (Å²) in [6.45, 7) is 7.70. The SMILES string of the molecule is C=C(C)C(=O)N(C)CN(C)CC1CO1. The molecule has 1 atom stereocenters. The van der Waals surface area contributed by atoms with Crippen molar-refractivity contribution < 1.29 is 9.53 Å². The molecule has 0 spiro atoms. The summed E-state index contributed by atoms with van der Waals surface area (Å²) < 4.78 is 5.11. The van der Waals surface area contributed by atoms with Gasteiger partial charge in [-0.3, -0.25) is 9.69 Å². The third-order valence-corrected chi connectivity index (χ3v) is 2.08. The Labute approximate surface area is 85.1 Å². The van der Waals surface area contributed by atoms with E-state index in [-0.39, 0.29) is 5.91 Å². The lowest BCUT2D eigenvalue weighted by atomic mass is 10.3. The second-order valence-corrected chi connectivity index (χ2v) is 3.92. The highest BCUT2D eigenvalue weighted by Crippen LogP contribution is 2.10. The minimum absolute atomic E-state index is 0.00596. The molecule has 1 unspecified atom stereocenters. The van der Waals surface area contributed by atoms with Gasteiger partial charge in [0.2, 0.25) is 5.91 Å². The van der Waals surface area contributed by atoms with Crippen LogP contribution in [-0.2, 0) is 9.53 Å². The zero-order valence-corrected chi connectivity index (χ0v) is 9.12. The van der Waals surface area contributed by atoms with Gasteiger partial charge in [-0.05, 0) is 14.0 Å². The van der Waals surface area contributed by atoms with E-state index in [0.717, 1.165) is 13.2 Å². The van der Waals surface area contributed by atoms with Crippen LogP contribution < -0.4 is 0 Å². The molecule has 80 valence electrons. The van der Waals surface area contributed by atoms with Crippen LogP contribution in [0.3, 0.4) is 0 Å². The fourth-order valence-corrected chi connectivity index (χ4v) is 1.33. The van der Waals surface area contributed by atoms with Crippen molar-refractivity contribution in [2.75, 3.05) is 33.9 Å². The molecule has 1 saturated heterocycles. The van der Waals surface area contributed by atoms with E-state index in [1.54, 1.807) is 18.9 Å². The second-order valence-electron chi connectivity index (χ2n) is 3.92. The standard InChI is InChI=1S/C10H18N2O2/c1-8(2)10(13)12(4)7-11(3)5-9-6-14-9/h9H,1,5-7H2,2-4H3. The van der Waals surface area contributed by atoms with Crippen LogP contribution in [0.1, 0.15) is 6.92 Å². The van der Waals surface area contributed by atoms with Gasteiger partial charge >= 0.3 is 0 Å². The van der Waals surface area contributed by atoms with Crippen molar-refractivity contribution in [3.63, 3.8) is 0 Å². The van der Waals surface area contributed by atoms with E-state index < -0.39 is 0 Å². The lowest BCUT2D eigenvalue weighted by Gasteiger charge is -2.24. The summed E-state index contributed by atoms with van der Waals surface area (Å²) >= 11 is 0. The topological polar surface area (TPSA) is 36.1 Å². The van der Waals surface area contributed by atoms with E-state index in [9.17, 15) is 4.79 Å². The number of carbonyl (C=O) groups is 1. The molecule has 1 aliphatic rings. The van der Waals surface area contributed by atoms with Gasteiger partial charge in [0.25, 0.3) is 0 Å². The third kappa shape index (κ3) is 3.47. The smallest absolute Gasteiger partial charge is 0.249 e. The van der Waals surface area contributed by atoms with Crippen molar-refractivity contribution in [3.05, 3.63) is 12.2 Å². The number of ether oxygens (including phenoxy) is 1. The molecule has 0 saturated carbocycles. The van der Waals surface area contributed by atoms with Gasteiger partial charge in [-0.25, -0.2) is 0 Å². The van der Waals surface area contributed by atoms with E-state index in [1.807, 2.05) is 7.05 Å². The van der Waals surface area contributed by atoms with Gasteiger partial charge in [-0.1, -0.05) is 6.58 Å². The summed E-state index contributed by atoms with van der Waals surface area (Å²) in [6.07, 6.45) is 0.369. The number of rotatable bonds is 5. The molecule has 4 heteroatoms. The molecule has 0 N–H and O–H groups in total. The van der Waals surface area contributed by atoms with E-state index >= 15 is 0 Å². The Morgan fingerprint density at radius 3 is 2.57 bits per heavy atom. The monoisotopic (exact) mass is 198 g/mol. The summed E-state index contributed by atoms with van der Waals surface area (Å²) in [5.74, 6) is -0.00596. The molecule has 1 amide bonds. The van der Waals surface area contributed by atoms with Gasteiger partial charge in [0, 0.05) is 19.2 Å². The van der Waals surface area contributed by atoms with E-state index in [1.165, 1.54) is 0 Å². The lowest BCUT2D eigenvalue weighted by molar-refractivity contribution is -0.127. The van der Waals surface area contributed by atoms with Gasteiger partial charge < -0.3 is 9.64 Å². The molecule has 0 aromatic rings. The largest absolute Gasteiger partial charge is 0.372 e. The number of amides is 1. The van der Waals surface area contributed by atoms with Crippen LogP contribution in [0, 0.1) is 0 Å². The van der Waals surface area contributed by atoms with Gasteiger partial charge in [0.05, 0.1) is 19.4 Å². The van der Waals surface area contributed by atoms with E-state index in [4.69, 9.17) is 4.74 Å². The number of hydrogen-bond donors (Lipinski definition) is 0. The molecule has 4 nitrogen and oxygen atoms in total. The maximum atomic E-state index is 11.4. The molecule has 1 fully saturated rings. The Hall–Kier alpha value is -0.870. The summed E-state index contributed by atoms with van der Waals surface area (Å²) in [6, 6.07) is 0. The zero-order chi connectivity index (χ0) is 10.7. The first-order valence-corrected chi connectivity index (χ1v) is 4.72. The minimum atomic E-state index is -0.00596. The first-order chi connectivity index (χ1) is 6.50. The van der Waals surface area contributed by atoms with Gasteiger partial charge in [0.1, 0.15) is 0 Å². The molecule has 0 aromatic carbocycles. The molecule has 0 aromatic heterocycles. The summed E-state index contributed by atoms with van der Waals surface area (Å²) in [5, 5.41) is 0. The summed E-state index contributed by atoms with van der Waals surface area (Å²) in [5.41, 5.74) is 0.573. The first kappa shape index (κ1) is 11.2. The molecule has 1 heterocycles. The summed E-state index contributed by atoms with van der Waals surface area (Å²) in [4.78, 5) is 15.2. The quantitative estimate of drug-likeness (QED) is 0.362. The van der Waals surface area contributed by atoms with Crippen molar-refractivity contribution >= 4 is 5.91 Å². The fraction of sp³-hybridized carbons (Fsp3) is 0.700. The zero-order valence-electron chi connectivity index (χ0n) is 9.12. The number of likely N-dealkylation sites (N-methyl/N-ethyl adjacent to an activating group) is 2. The van der Waals surface area contributed by atoms with Crippen LogP contribution in [0.4, 0.5) is 0 Å². The Morgan fingerprint density at radius 2 is 2.14 bits per heavy atom. The van der Waals surface area contributed by atoms with Crippen molar-refractivity contribution in [1.29, 1.82) is 0 Å². The second kappa shape index (κ2) is 4.57. The van der Waals surface area contributed by atoms with Crippen LogP contribution in [0.25, 0.3) is 0 Å².